The van der Waals surface area contributed by atoms with Gasteiger partial charge in [-0.3, -0.25) is 4.90 Å². The molecule has 2 aromatic rings. The summed E-state index contributed by atoms with van der Waals surface area (Å²) in [5, 5.41) is 4.09. The standard InChI is InChI=1S/C18H23FN2O2S2/c19-16-6-5-7-17(12-16)25(22,23)20-13-18(15-8-11-24-14-15)21-9-3-1-2-4-10-21/h5-8,11-12,14,18,20H,1-4,9-10,13H2/t18-/m1/s1. The van der Waals surface area contributed by atoms with Crippen molar-refractivity contribution in [2.24, 2.45) is 0 Å². The lowest BCUT2D eigenvalue weighted by Crippen LogP contribution is -2.38. The minimum absolute atomic E-state index is 0.00711. The van der Waals surface area contributed by atoms with E-state index >= 15 is 0 Å². The van der Waals surface area contributed by atoms with E-state index in [-0.39, 0.29) is 17.5 Å². The Labute approximate surface area is 152 Å². The van der Waals surface area contributed by atoms with Crippen LogP contribution in [0.15, 0.2) is 46.0 Å². The normalized spacial score (nSPS) is 18.0. The molecule has 4 nitrogen and oxygen atoms in total. The van der Waals surface area contributed by atoms with Crippen LogP contribution in [0.25, 0.3) is 0 Å². The van der Waals surface area contributed by atoms with Crippen molar-refractivity contribution in [3.63, 3.8) is 0 Å². The molecule has 0 spiro atoms. The van der Waals surface area contributed by atoms with E-state index in [9.17, 15) is 12.8 Å². The molecule has 1 aliphatic heterocycles. The second kappa shape index (κ2) is 8.40. The number of thiophene rings is 1. The Morgan fingerprint density at radius 1 is 1.16 bits per heavy atom. The number of nitrogens with zero attached hydrogens (tertiary/aromatic N) is 1. The lowest BCUT2D eigenvalue weighted by molar-refractivity contribution is 0.206. The molecule has 0 aliphatic carbocycles. The van der Waals surface area contributed by atoms with Crippen LogP contribution in [-0.2, 0) is 10.0 Å². The number of halogens is 1. The third-order valence-corrected chi connectivity index (χ3v) is 6.71. The number of benzene rings is 1. The van der Waals surface area contributed by atoms with Crippen molar-refractivity contribution in [2.45, 2.75) is 36.6 Å². The van der Waals surface area contributed by atoms with Gasteiger partial charge in [-0.15, -0.1) is 0 Å². The summed E-state index contributed by atoms with van der Waals surface area (Å²) in [4.78, 5) is 2.33. The smallest absolute Gasteiger partial charge is 0.240 e. The third kappa shape index (κ3) is 4.88. The fourth-order valence-corrected chi connectivity index (χ4v) is 5.01. The molecule has 1 saturated heterocycles. The molecule has 1 aliphatic rings. The summed E-state index contributed by atoms with van der Waals surface area (Å²) < 4.78 is 41.1. The molecular weight excluding hydrogens is 359 g/mol. The molecule has 25 heavy (non-hydrogen) atoms. The molecule has 0 saturated carbocycles. The van der Waals surface area contributed by atoms with Crippen molar-refractivity contribution in [2.75, 3.05) is 19.6 Å². The summed E-state index contributed by atoms with van der Waals surface area (Å²) in [7, 11) is -3.73. The summed E-state index contributed by atoms with van der Waals surface area (Å²) >= 11 is 1.62. The van der Waals surface area contributed by atoms with Crippen molar-refractivity contribution in [3.05, 3.63) is 52.5 Å². The average Bonchev–Trinajstić information content (AvgIpc) is 2.98. The molecule has 0 bridgehead atoms. The fraction of sp³-hybridized carbons (Fsp3) is 0.444. The highest BCUT2D eigenvalue weighted by Crippen LogP contribution is 2.26. The van der Waals surface area contributed by atoms with Crippen molar-refractivity contribution in [1.29, 1.82) is 0 Å². The van der Waals surface area contributed by atoms with Crippen molar-refractivity contribution < 1.29 is 12.8 Å². The van der Waals surface area contributed by atoms with E-state index in [1.165, 1.54) is 31.0 Å². The third-order valence-electron chi connectivity index (χ3n) is 4.58. The zero-order chi connectivity index (χ0) is 17.7. The molecule has 0 radical (unpaired) electrons. The number of hydrogen-bond donors (Lipinski definition) is 1. The van der Waals surface area contributed by atoms with Gasteiger partial charge in [0.15, 0.2) is 0 Å². The quantitative estimate of drug-likeness (QED) is 0.827. The van der Waals surface area contributed by atoms with Crippen LogP contribution in [0.5, 0.6) is 0 Å². The molecule has 1 atom stereocenters. The molecule has 0 unspecified atom stereocenters. The highest BCUT2D eigenvalue weighted by molar-refractivity contribution is 7.89. The van der Waals surface area contributed by atoms with Gasteiger partial charge in [0.1, 0.15) is 5.82 Å². The lowest BCUT2D eigenvalue weighted by atomic mass is 10.1. The molecular formula is C18H23FN2O2S2. The SMILES string of the molecule is O=S(=O)(NC[C@H](c1ccsc1)N1CCCCCC1)c1cccc(F)c1. The number of rotatable bonds is 6. The van der Waals surface area contributed by atoms with Crippen LogP contribution in [0.4, 0.5) is 4.39 Å². The van der Waals surface area contributed by atoms with E-state index in [1.54, 1.807) is 11.3 Å². The molecule has 1 aromatic heterocycles. The molecule has 1 fully saturated rings. The topological polar surface area (TPSA) is 49.4 Å². The van der Waals surface area contributed by atoms with Crippen LogP contribution in [0, 0.1) is 5.82 Å². The first-order valence-corrected chi connectivity index (χ1v) is 11.0. The minimum atomic E-state index is -3.73. The lowest BCUT2D eigenvalue weighted by Gasteiger charge is -2.30. The van der Waals surface area contributed by atoms with E-state index in [4.69, 9.17) is 0 Å². The first-order valence-electron chi connectivity index (χ1n) is 8.58. The zero-order valence-electron chi connectivity index (χ0n) is 14.0. The minimum Gasteiger partial charge on any atom is -0.295 e. The number of likely N-dealkylation sites (tertiary alicyclic amines) is 1. The van der Waals surface area contributed by atoms with Crippen LogP contribution >= 0.6 is 11.3 Å². The molecule has 2 heterocycles. The number of sulfonamides is 1. The monoisotopic (exact) mass is 382 g/mol. The van der Waals surface area contributed by atoms with Crippen LogP contribution in [0.1, 0.15) is 37.3 Å². The van der Waals surface area contributed by atoms with Gasteiger partial charge in [-0.2, -0.15) is 11.3 Å². The Bertz CT molecular complexity index is 770. The Kier molecular flexibility index (Phi) is 6.22. The number of hydrogen-bond acceptors (Lipinski definition) is 4. The first-order chi connectivity index (χ1) is 12.1. The van der Waals surface area contributed by atoms with Gasteiger partial charge < -0.3 is 0 Å². The Balaban J connectivity index is 1.76. The van der Waals surface area contributed by atoms with Gasteiger partial charge in [0.25, 0.3) is 0 Å². The van der Waals surface area contributed by atoms with Gasteiger partial charge >= 0.3 is 0 Å². The van der Waals surface area contributed by atoms with E-state index in [2.05, 4.69) is 21.1 Å². The molecule has 1 aromatic carbocycles. The van der Waals surface area contributed by atoms with Gasteiger partial charge in [0, 0.05) is 12.6 Å². The second-order valence-corrected chi connectivity index (χ2v) is 8.88. The van der Waals surface area contributed by atoms with Crippen molar-refractivity contribution >= 4 is 21.4 Å². The van der Waals surface area contributed by atoms with Crippen LogP contribution < -0.4 is 4.72 Å². The van der Waals surface area contributed by atoms with Gasteiger partial charge in [-0.25, -0.2) is 17.5 Å². The molecule has 136 valence electrons. The maximum absolute atomic E-state index is 13.4. The van der Waals surface area contributed by atoms with Crippen LogP contribution in [0.2, 0.25) is 0 Å². The summed E-state index contributed by atoms with van der Waals surface area (Å²) in [5.41, 5.74) is 1.13. The van der Waals surface area contributed by atoms with E-state index in [0.29, 0.717) is 0 Å². The zero-order valence-corrected chi connectivity index (χ0v) is 15.7. The van der Waals surface area contributed by atoms with Gasteiger partial charge in [-0.1, -0.05) is 18.9 Å². The summed E-state index contributed by atoms with van der Waals surface area (Å²) in [6.07, 6.45) is 4.72. The van der Waals surface area contributed by atoms with E-state index < -0.39 is 15.8 Å². The Morgan fingerprint density at radius 3 is 2.56 bits per heavy atom. The molecule has 0 amide bonds. The summed E-state index contributed by atoms with van der Waals surface area (Å²) in [6, 6.07) is 7.17. The predicted molar refractivity (Wildman–Crippen MR) is 98.7 cm³/mol. The molecule has 3 rings (SSSR count). The maximum Gasteiger partial charge on any atom is 0.240 e. The Morgan fingerprint density at radius 2 is 1.92 bits per heavy atom. The van der Waals surface area contributed by atoms with E-state index in [0.717, 1.165) is 37.6 Å². The van der Waals surface area contributed by atoms with Gasteiger partial charge in [0.05, 0.1) is 4.90 Å². The Hall–Kier alpha value is -1.28. The van der Waals surface area contributed by atoms with Crippen molar-refractivity contribution in [3.8, 4) is 0 Å². The van der Waals surface area contributed by atoms with Gasteiger partial charge in [-0.05, 0) is 66.5 Å². The largest absolute Gasteiger partial charge is 0.295 e. The highest BCUT2D eigenvalue weighted by Gasteiger charge is 2.24. The van der Waals surface area contributed by atoms with Gasteiger partial charge in [0.2, 0.25) is 10.0 Å². The van der Waals surface area contributed by atoms with E-state index in [1.807, 2.05) is 5.38 Å². The first kappa shape index (κ1) is 18.5. The average molecular weight is 383 g/mol. The highest BCUT2D eigenvalue weighted by atomic mass is 32.2. The summed E-state index contributed by atoms with van der Waals surface area (Å²) in [5.74, 6) is -0.551. The molecule has 7 heteroatoms. The molecule has 1 N–H and O–H groups in total. The van der Waals surface area contributed by atoms with Crippen LogP contribution in [0.3, 0.4) is 0 Å². The van der Waals surface area contributed by atoms with Crippen LogP contribution in [-0.4, -0.2) is 33.0 Å². The number of nitrogens with one attached hydrogen (secondary N) is 1. The van der Waals surface area contributed by atoms with Crippen molar-refractivity contribution in [1.82, 2.24) is 9.62 Å². The fourth-order valence-electron chi connectivity index (χ4n) is 3.24. The summed E-state index contributed by atoms with van der Waals surface area (Å²) in [6.45, 7) is 2.24. The maximum atomic E-state index is 13.4. The second-order valence-electron chi connectivity index (χ2n) is 6.33. The predicted octanol–water partition coefficient (Wildman–Crippen LogP) is 3.78.